The van der Waals surface area contributed by atoms with Crippen LogP contribution in [-0.4, -0.2) is 17.4 Å². The van der Waals surface area contributed by atoms with E-state index in [-0.39, 0.29) is 5.91 Å². The van der Waals surface area contributed by atoms with Crippen LogP contribution in [-0.2, 0) is 0 Å². The van der Waals surface area contributed by atoms with Gasteiger partial charge in [0.2, 0.25) is 0 Å². The van der Waals surface area contributed by atoms with Gasteiger partial charge >= 0.3 is 0 Å². The van der Waals surface area contributed by atoms with Crippen LogP contribution in [0, 0.1) is 0 Å². The van der Waals surface area contributed by atoms with Crippen molar-refractivity contribution in [1.29, 1.82) is 0 Å². The zero-order valence-corrected chi connectivity index (χ0v) is 11.9. The van der Waals surface area contributed by atoms with E-state index in [4.69, 9.17) is 0 Å². The lowest BCUT2D eigenvalue weighted by Gasteiger charge is -2.20. The molecule has 0 saturated heterocycles. The minimum atomic E-state index is -0.0746. The first-order valence-corrected chi connectivity index (χ1v) is 7.02. The second-order valence-corrected chi connectivity index (χ2v) is 4.77. The van der Waals surface area contributed by atoms with Crippen molar-refractivity contribution < 1.29 is 4.79 Å². The number of pyridine rings is 1. The summed E-state index contributed by atoms with van der Waals surface area (Å²) in [6.07, 6.45) is 0. The molecule has 0 spiro atoms. The van der Waals surface area contributed by atoms with Gasteiger partial charge in [-0.3, -0.25) is 4.79 Å². The summed E-state index contributed by atoms with van der Waals surface area (Å²) in [6.45, 7) is 2.57. The fraction of sp³-hybridized carbons (Fsp3) is 0.111. The Hall–Kier alpha value is -2.68. The molecule has 0 N–H and O–H groups in total. The molecule has 3 nitrogen and oxygen atoms in total. The molecule has 0 atom stereocenters. The van der Waals surface area contributed by atoms with Crippen molar-refractivity contribution in [2.75, 3.05) is 11.4 Å². The van der Waals surface area contributed by atoms with E-state index in [1.165, 1.54) is 0 Å². The van der Waals surface area contributed by atoms with Crippen molar-refractivity contribution in [2.24, 2.45) is 0 Å². The van der Waals surface area contributed by atoms with E-state index in [1.54, 1.807) is 11.0 Å². The fourth-order valence-corrected chi connectivity index (χ4v) is 2.37. The number of aromatic nitrogens is 1. The summed E-state index contributed by atoms with van der Waals surface area (Å²) in [5.41, 5.74) is 2.20. The van der Waals surface area contributed by atoms with E-state index >= 15 is 0 Å². The van der Waals surface area contributed by atoms with Crippen LogP contribution >= 0.6 is 0 Å². The number of nitrogens with zero attached hydrogens (tertiary/aromatic N) is 2. The minimum Gasteiger partial charge on any atom is -0.307 e. The van der Waals surface area contributed by atoms with Crippen LogP contribution in [0.25, 0.3) is 10.9 Å². The number of fused-ring (bicyclic) bond motifs is 1. The first-order chi connectivity index (χ1) is 10.3. The highest BCUT2D eigenvalue weighted by Gasteiger charge is 2.17. The Kier molecular flexibility index (Phi) is 3.65. The van der Waals surface area contributed by atoms with Gasteiger partial charge in [-0.05, 0) is 31.2 Å². The summed E-state index contributed by atoms with van der Waals surface area (Å²) in [5.74, 6) is -0.0746. The van der Waals surface area contributed by atoms with Crippen LogP contribution in [0.4, 0.5) is 5.69 Å². The lowest BCUT2D eigenvalue weighted by Crippen LogP contribution is -2.31. The largest absolute Gasteiger partial charge is 0.307 e. The third-order valence-electron chi connectivity index (χ3n) is 3.45. The van der Waals surface area contributed by atoms with E-state index in [2.05, 4.69) is 4.98 Å². The topological polar surface area (TPSA) is 33.2 Å². The molecule has 0 aliphatic heterocycles. The lowest BCUT2D eigenvalue weighted by atomic mass is 10.2. The molecule has 0 saturated carbocycles. The molecule has 0 aliphatic carbocycles. The molecule has 21 heavy (non-hydrogen) atoms. The number of para-hydroxylation sites is 2. The number of benzene rings is 2. The maximum atomic E-state index is 12.7. The number of rotatable bonds is 3. The van der Waals surface area contributed by atoms with Gasteiger partial charge in [-0.25, -0.2) is 4.98 Å². The second-order valence-electron chi connectivity index (χ2n) is 4.77. The third kappa shape index (κ3) is 2.63. The highest BCUT2D eigenvalue weighted by atomic mass is 16.2. The van der Waals surface area contributed by atoms with E-state index in [1.807, 2.05) is 67.6 Å². The number of hydrogen-bond donors (Lipinski definition) is 0. The molecule has 1 aromatic heterocycles. The molecule has 0 bridgehead atoms. The van der Waals surface area contributed by atoms with Gasteiger partial charge in [0.15, 0.2) is 0 Å². The minimum absolute atomic E-state index is 0.0746. The van der Waals surface area contributed by atoms with Gasteiger partial charge in [0, 0.05) is 17.6 Å². The standard InChI is InChI=1S/C18H16N2O/c1-2-20(15-9-4-3-5-10-15)18(21)17-13-12-14-8-6-7-11-16(14)19-17/h3-13H,2H2,1H3. The van der Waals surface area contributed by atoms with E-state index in [0.717, 1.165) is 16.6 Å². The van der Waals surface area contributed by atoms with Crippen molar-refractivity contribution in [1.82, 2.24) is 4.98 Å². The second kappa shape index (κ2) is 5.75. The normalized spacial score (nSPS) is 10.5. The molecule has 1 heterocycles. The molecule has 104 valence electrons. The van der Waals surface area contributed by atoms with Gasteiger partial charge in [-0.2, -0.15) is 0 Å². The number of carbonyl (C=O) groups excluding carboxylic acids is 1. The van der Waals surface area contributed by atoms with Crippen molar-refractivity contribution >= 4 is 22.5 Å². The number of anilines is 1. The van der Waals surface area contributed by atoms with Crippen molar-refractivity contribution in [2.45, 2.75) is 6.92 Å². The zero-order valence-electron chi connectivity index (χ0n) is 11.9. The van der Waals surface area contributed by atoms with Crippen LogP contribution < -0.4 is 4.90 Å². The molecule has 0 aliphatic rings. The van der Waals surface area contributed by atoms with Gasteiger partial charge in [-0.1, -0.05) is 42.5 Å². The maximum absolute atomic E-state index is 12.7. The van der Waals surface area contributed by atoms with Crippen LogP contribution in [0.15, 0.2) is 66.7 Å². The van der Waals surface area contributed by atoms with Crippen LogP contribution in [0.2, 0.25) is 0 Å². The summed E-state index contributed by atoms with van der Waals surface area (Å²) in [4.78, 5) is 18.9. The predicted molar refractivity (Wildman–Crippen MR) is 85.5 cm³/mol. The van der Waals surface area contributed by atoms with Gasteiger partial charge in [0.1, 0.15) is 5.69 Å². The maximum Gasteiger partial charge on any atom is 0.276 e. The highest BCUT2D eigenvalue weighted by molar-refractivity contribution is 6.05. The third-order valence-corrected chi connectivity index (χ3v) is 3.45. The summed E-state index contributed by atoms with van der Waals surface area (Å²) in [5, 5.41) is 1.04. The molecular formula is C18H16N2O. The Bertz CT molecular complexity index is 768. The SMILES string of the molecule is CCN(C(=O)c1ccc2ccccc2n1)c1ccccc1. The van der Waals surface area contributed by atoms with Gasteiger partial charge in [0.25, 0.3) is 5.91 Å². The van der Waals surface area contributed by atoms with Gasteiger partial charge < -0.3 is 4.90 Å². The Labute approximate surface area is 123 Å². The Morgan fingerprint density at radius 1 is 0.952 bits per heavy atom. The quantitative estimate of drug-likeness (QED) is 0.727. The predicted octanol–water partition coefficient (Wildman–Crippen LogP) is 3.90. The molecule has 3 heteroatoms. The first-order valence-electron chi connectivity index (χ1n) is 7.02. The Balaban J connectivity index is 1.98. The van der Waals surface area contributed by atoms with Gasteiger partial charge in [0.05, 0.1) is 5.52 Å². The van der Waals surface area contributed by atoms with Gasteiger partial charge in [-0.15, -0.1) is 0 Å². The van der Waals surface area contributed by atoms with E-state index < -0.39 is 0 Å². The lowest BCUT2D eigenvalue weighted by molar-refractivity contribution is 0.0984. The smallest absolute Gasteiger partial charge is 0.276 e. The van der Waals surface area contributed by atoms with Crippen LogP contribution in [0.3, 0.4) is 0 Å². The first kappa shape index (κ1) is 13.3. The van der Waals surface area contributed by atoms with E-state index in [0.29, 0.717) is 12.2 Å². The molecule has 0 radical (unpaired) electrons. The van der Waals surface area contributed by atoms with E-state index in [9.17, 15) is 4.79 Å². The number of hydrogen-bond acceptors (Lipinski definition) is 2. The molecule has 0 unspecified atom stereocenters. The number of carbonyl (C=O) groups is 1. The molecule has 0 fully saturated rings. The van der Waals surface area contributed by atoms with Crippen molar-refractivity contribution in [3.05, 3.63) is 72.4 Å². The zero-order chi connectivity index (χ0) is 14.7. The summed E-state index contributed by atoms with van der Waals surface area (Å²) in [7, 11) is 0. The molecule has 3 rings (SSSR count). The Morgan fingerprint density at radius 3 is 2.43 bits per heavy atom. The summed E-state index contributed by atoms with van der Waals surface area (Å²) >= 11 is 0. The van der Waals surface area contributed by atoms with Crippen LogP contribution in [0.1, 0.15) is 17.4 Å². The molecular weight excluding hydrogens is 260 g/mol. The summed E-state index contributed by atoms with van der Waals surface area (Å²) in [6, 6.07) is 21.2. The fourth-order valence-electron chi connectivity index (χ4n) is 2.37. The van der Waals surface area contributed by atoms with Crippen molar-refractivity contribution in [3.8, 4) is 0 Å². The van der Waals surface area contributed by atoms with Crippen molar-refractivity contribution in [3.63, 3.8) is 0 Å². The monoisotopic (exact) mass is 276 g/mol. The highest BCUT2D eigenvalue weighted by Crippen LogP contribution is 2.18. The van der Waals surface area contributed by atoms with Crippen LogP contribution in [0.5, 0.6) is 0 Å². The number of amides is 1. The molecule has 1 amide bonds. The average Bonchev–Trinajstić information content (AvgIpc) is 2.56. The molecule has 3 aromatic rings. The summed E-state index contributed by atoms with van der Waals surface area (Å²) < 4.78 is 0. The molecule has 2 aromatic carbocycles. The average molecular weight is 276 g/mol. The Morgan fingerprint density at radius 2 is 1.67 bits per heavy atom.